The number of halogens is 2. The van der Waals surface area contributed by atoms with Crippen LogP contribution in [0.3, 0.4) is 0 Å². The second kappa shape index (κ2) is 7.36. The van der Waals surface area contributed by atoms with Gasteiger partial charge >= 0.3 is 0 Å². The molecule has 0 saturated heterocycles. The van der Waals surface area contributed by atoms with Crippen LogP contribution < -0.4 is 10.6 Å². The Balaban J connectivity index is 2.11. The number of nitrogens with one attached hydrogen (secondary N) is 2. The van der Waals surface area contributed by atoms with E-state index in [4.69, 9.17) is 35.4 Å². The quantitative estimate of drug-likeness (QED) is 0.484. The second-order valence-corrected chi connectivity index (χ2v) is 5.62. The third-order valence-corrected chi connectivity index (χ3v) is 3.33. The van der Waals surface area contributed by atoms with Crippen LogP contribution in [-0.4, -0.2) is 15.9 Å². The Labute approximate surface area is 146 Å². The number of nitrogens with zero attached hydrogens (tertiary/aromatic N) is 1. The van der Waals surface area contributed by atoms with Crippen LogP contribution in [-0.2, 0) is 0 Å². The minimum atomic E-state index is -0.692. The highest BCUT2D eigenvalue weighted by Gasteiger charge is 2.19. The van der Waals surface area contributed by atoms with Crippen molar-refractivity contribution in [2.24, 2.45) is 0 Å². The van der Waals surface area contributed by atoms with Crippen molar-refractivity contribution in [1.29, 1.82) is 0 Å². The van der Waals surface area contributed by atoms with Crippen molar-refractivity contribution in [2.75, 3.05) is 5.32 Å². The maximum Gasteiger partial charge on any atom is 0.282 e. The molecule has 23 heavy (non-hydrogen) atoms. The molecular weight excluding hydrogens is 361 g/mol. The maximum atomic E-state index is 12.1. The standard InChI is InChI=1S/C14H9Cl2N3O3S/c15-8-5-9(16)7-10(6-8)17-14(23)18-13(20)11-3-1-2-4-12(11)19(21)22/h1-7H,(H2,17,18,20,23). The van der Waals surface area contributed by atoms with Crippen molar-refractivity contribution in [2.45, 2.75) is 0 Å². The molecule has 9 heteroatoms. The van der Waals surface area contributed by atoms with Crippen LogP contribution in [0.15, 0.2) is 42.5 Å². The predicted octanol–water partition coefficient (Wildman–Crippen LogP) is 4.03. The Morgan fingerprint density at radius 2 is 1.74 bits per heavy atom. The van der Waals surface area contributed by atoms with E-state index in [9.17, 15) is 14.9 Å². The van der Waals surface area contributed by atoms with Crippen LogP contribution in [0.4, 0.5) is 11.4 Å². The summed E-state index contributed by atoms with van der Waals surface area (Å²) in [6, 6.07) is 10.3. The molecule has 1 amide bonds. The van der Waals surface area contributed by atoms with Gasteiger partial charge in [0.2, 0.25) is 0 Å². The lowest BCUT2D eigenvalue weighted by Crippen LogP contribution is -2.34. The molecule has 2 aromatic rings. The lowest BCUT2D eigenvalue weighted by molar-refractivity contribution is -0.385. The van der Waals surface area contributed by atoms with Gasteiger partial charge in [-0.15, -0.1) is 0 Å². The number of anilines is 1. The molecule has 0 radical (unpaired) electrons. The van der Waals surface area contributed by atoms with E-state index >= 15 is 0 Å². The molecule has 0 aliphatic carbocycles. The van der Waals surface area contributed by atoms with Gasteiger partial charge in [-0.1, -0.05) is 35.3 Å². The van der Waals surface area contributed by atoms with Crippen molar-refractivity contribution in [3.8, 4) is 0 Å². The molecule has 0 fully saturated rings. The molecule has 0 bridgehead atoms. The minimum absolute atomic E-state index is 0.0357. The molecule has 0 heterocycles. The fourth-order valence-corrected chi connectivity index (χ4v) is 2.52. The van der Waals surface area contributed by atoms with E-state index in [1.54, 1.807) is 18.2 Å². The average molecular weight is 370 g/mol. The van der Waals surface area contributed by atoms with Crippen LogP contribution in [0.1, 0.15) is 10.4 Å². The molecule has 2 rings (SSSR count). The highest BCUT2D eigenvalue weighted by Crippen LogP contribution is 2.22. The number of benzene rings is 2. The summed E-state index contributed by atoms with van der Waals surface area (Å²) in [5, 5.41) is 16.8. The van der Waals surface area contributed by atoms with Crippen LogP contribution in [0, 0.1) is 10.1 Å². The highest BCUT2D eigenvalue weighted by atomic mass is 35.5. The SMILES string of the molecule is O=C(NC(=S)Nc1cc(Cl)cc(Cl)c1)c1ccccc1[N+](=O)[O-]. The van der Waals surface area contributed by atoms with Crippen molar-refractivity contribution in [1.82, 2.24) is 5.32 Å². The van der Waals surface area contributed by atoms with Crippen molar-refractivity contribution in [3.63, 3.8) is 0 Å². The van der Waals surface area contributed by atoms with Crippen molar-refractivity contribution < 1.29 is 9.72 Å². The van der Waals surface area contributed by atoms with Crippen molar-refractivity contribution in [3.05, 3.63) is 68.2 Å². The number of para-hydroxylation sites is 1. The Morgan fingerprint density at radius 1 is 1.13 bits per heavy atom. The lowest BCUT2D eigenvalue weighted by atomic mass is 10.1. The fourth-order valence-electron chi connectivity index (χ4n) is 1.78. The summed E-state index contributed by atoms with van der Waals surface area (Å²) in [5.74, 6) is -0.692. The van der Waals surface area contributed by atoms with Gasteiger partial charge in [-0.05, 0) is 36.5 Å². The first-order chi connectivity index (χ1) is 10.9. The minimum Gasteiger partial charge on any atom is -0.332 e. The van der Waals surface area contributed by atoms with Crippen LogP contribution >= 0.6 is 35.4 Å². The topological polar surface area (TPSA) is 84.3 Å². The number of carbonyl (C=O) groups excluding carboxylic acids is 1. The van der Waals surface area contributed by atoms with Crippen LogP contribution in [0.25, 0.3) is 0 Å². The highest BCUT2D eigenvalue weighted by molar-refractivity contribution is 7.80. The van der Waals surface area contributed by atoms with Crippen LogP contribution in [0.2, 0.25) is 10.0 Å². The molecule has 6 nitrogen and oxygen atoms in total. The van der Waals surface area contributed by atoms with Gasteiger partial charge in [-0.2, -0.15) is 0 Å². The van der Waals surface area contributed by atoms with Crippen LogP contribution in [0.5, 0.6) is 0 Å². The second-order valence-electron chi connectivity index (χ2n) is 4.34. The van der Waals surface area contributed by atoms with E-state index < -0.39 is 10.8 Å². The lowest BCUT2D eigenvalue weighted by Gasteiger charge is -2.10. The average Bonchev–Trinajstić information content (AvgIpc) is 2.45. The summed E-state index contributed by atoms with van der Waals surface area (Å²) in [5.41, 5.74) is 0.0831. The molecule has 0 aromatic heterocycles. The molecule has 0 atom stereocenters. The number of carbonyl (C=O) groups is 1. The zero-order chi connectivity index (χ0) is 17.0. The molecule has 0 saturated carbocycles. The Morgan fingerprint density at radius 3 is 2.35 bits per heavy atom. The van der Waals surface area contributed by atoms with E-state index in [1.807, 2.05) is 0 Å². The third-order valence-electron chi connectivity index (χ3n) is 2.69. The summed E-state index contributed by atoms with van der Waals surface area (Å²) in [6.07, 6.45) is 0. The smallest absolute Gasteiger partial charge is 0.282 e. The van der Waals surface area contributed by atoms with Gasteiger partial charge in [0.25, 0.3) is 11.6 Å². The Hall–Kier alpha value is -2.22. The van der Waals surface area contributed by atoms with Gasteiger partial charge in [0, 0.05) is 21.8 Å². The summed E-state index contributed by atoms with van der Waals surface area (Å²) in [6.45, 7) is 0. The van der Waals surface area contributed by atoms with E-state index in [0.29, 0.717) is 15.7 Å². The number of hydrogen-bond donors (Lipinski definition) is 2. The zero-order valence-corrected chi connectivity index (χ0v) is 13.7. The largest absolute Gasteiger partial charge is 0.332 e. The number of thiocarbonyl (C=S) groups is 1. The summed E-state index contributed by atoms with van der Waals surface area (Å²) < 4.78 is 0. The number of hydrogen-bond acceptors (Lipinski definition) is 4. The molecule has 0 aliphatic rings. The molecule has 0 aliphatic heterocycles. The van der Waals surface area contributed by atoms with E-state index in [2.05, 4.69) is 10.6 Å². The van der Waals surface area contributed by atoms with Gasteiger partial charge in [-0.25, -0.2) is 0 Å². The first-order valence-electron chi connectivity index (χ1n) is 6.18. The third kappa shape index (κ3) is 4.62. The zero-order valence-electron chi connectivity index (χ0n) is 11.4. The molecule has 0 unspecified atom stereocenters. The van der Waals surface area contributed by atoms with E-state index in [1.165, 1.54) is 24.3 Å². The maximum absolute atomic E-state index is 12.1. The van der Waals surface area contributed by atoms with Gasteiger partial charge < -0.3 is 5.32 Å². The Kier molecular flexibility index (Phi) is 5.49. The number of rotatable bonds is 3. The van der Waals surface area contributed by atoms with Gasteiger partial charge in [0.15, 0.2) is 5.11 Å². The normalized spacial score (nSPS) is 10.0. The monoisotopic (exact) mass is 369 g/mol. The van der Waals surface area contributed by atoms with Gasteiger partial charge in [-0.3, -0.25) is 20.2 Å². The first kappa shape index (κ1) is 17.1. The molecular formula is C14H9Cl2N3O3S. The summed E-state index contributed by atoms with van der Waals surface area (Å²) >= 11 is 16.7. The Bertz CT molecular complexity index is 778. The molecule has 2 N–H and O–H groups in total. The molecule has 0 spiro atoms. The summed E-state index contributed by atoms with van der Waals surface area (Å²) in [7, 11) is 0. The van der Waals surface area contributed by atoms with Gasteiger partial charge in [0.1, 0.15) is 5.56 Å². The number of nitro groups is 1. The predicted molar refractivity (Wildman–Crippen MR) is 93.2 cm³/mol. The first-order valence-corrected chi connectivity index (χ1v) is 7.35. The summed E-state index contributed by atoms with van der Waals surface area (Å²) in [4.78, 5) is 22.4. The van der Waals surface area contributed by atoms with Gasteiger partial charge in [0.05, 0.1) is 4.92 Å². The van der Waals surface area contributed by atoms with Crippen molar-refractivity contribution >= 4 is 57.8 Å². The number of nitro benzene ring substituents is 1. The molecule has 118 valence electrons. The molecule has 2 aromatic carbocycles. The fraction of sp³-hybridized carbons (Fsp3) is 0. The van der Waals surface area contributed by atoms with E-state index in [0.717, 1.165) is 0 Å². The number of amides is 1. The van der Waals surface area contributed by atoms with E-state index in [-0.39, 0.29) is 16.4 Å².